The number of ether oxygens (including phenoxy) is 2. The molecule has 2 N–H and O–H groups in total. The Balaban J connectivity index is 1.26. The van der Waals surface area contributed by atoms with Crippen molar-refractivity contribution in [2.45, 2.75) is 26.2 Å². The van der Waals surface area contributed by atoms with Gasteiger partial charge < -0.3 is 29.6 Å². The molecule has 1 aromatic heterocycles. The molecule has 8 heteroatoms. The SMILES string of the molecule is O=C1c2c(nc(CNCc3ccc4c(c3)OCO4)n2Cc2ccccc2)NCCN1Cc1ccccc1. The van der Waals surface area contributed by atoms with Gasteiger partial charge in [-0.25, -0.2) is 4.98 Å². The second-order valence-corrected chi connectivity index (χ2v) is 9.23. The predicted molar refractivity (Wildman–Crippen MR) is 141 cm³/mol. The van der Waals surface area contributed by atoms with E-state index in [-0.39, 0.29) is 12.7 Å². The number of benzene rings is 3. The third-order valence-corrected chi connectivity index (χ3v) is 6.66. The first-order chi connectivity index (χ1) is 18.2. The number of imidazole rings is 1. The quantitative estimate of drug-likeness (QED) is 0.384. The summed E-state index contributed by atoms with van der Waals surface area (Å²) in [5, 5.41) is 6.90. The van der Waals surface area contributed by atoms with Crippen molar-refractivity contribution in [1.29, 1.82) is 0 Å². The van der Waals surface area contributed by atoms with E-state index in [0.717, 1.165) is 34.0 Å². The zero-order chi connectivity index (χ0) is 25.0. The zero-order valence-electron chi connectivity index (χ0n) is 20.5. The maximum Gasteiger partial charge on any atom is 0.274 e. The number of fused-ring (bicyclic) bond motifs is 2. The lowest BCUT2D eigenvalue weighted by atomic mass is 10.2. The van der Waals surface area contributed by atoms with Gasteiger partial charge in [-0.1, -0.05) is 66.7 Å². The second kappa shape index (κ2) is 10.4. The molecule has 2 aliphatic rings. The normalized spacial score (nSPS) is 14.3. The number of rotatable bonds is 8. The van der Waals surface area contributed by atoms with Crippen LogP contribution in [-0.2, 0) is 26.2 Å². The van der Waals surface area contributed by atoms with Crippen molar-refractivity contribution in [3.8, 4) is 11.5 Å². The van der Waals surface area contributed by atoms with Crippen LogP contribution in [0, 0.1) is 0 Å². The van der Waals surface area contributed by atoms with Crippen LogP contribution in [0.15, 0.2) is 78.9 Å². The standard InChI is InChI=1S/C29H29N5O3/c35-29-27-28(31-13-14-33(29)18-21-7-3-1-4-8-21)32-26(34(27)19-22-9-5-2-6-10-22)17-30-16-23-11-12-24-25(15-23)37-20-36-24/h1-12,15,30-31H,13-14,16-20H2. The first-order valence-electron chi connectivity index (χ1n) is 12.5. The first kappa shape index (κ1) is 23.1. The molecule has 37 heavy (non-hydrogen) atoms. The molecule has 0 fully saturated rings. The van der Waals surface area contributed by atoms with E-state index in [9.17, 15) is 4.79 Å². The first-order valence-corrected chi connectivity index (χ1v) is 12.5. The minimum absolute atomic E-state index is 0.00527. The molecule has 0 aliphatic carbocycles. The molecule has 0 spiro atoms. The molecule has 0 radical (unpaired) electrons. The Labute approximate surface area is 215 Å². The molecule has 2 aliphatic heterocycles. The predicted octanol–water partition coefficient (Wildman–Crippen LogP) is 4.02. The van der Waals surface area contributed by atoms with Crippen LogP contribution in [0.25, 0.3) is 0 Å². The highest BCUT2D eigenvalue weighted by atomic mass is 16.7. The summed E-state index contributed by atoms with van der Waals surface area (Å²) in [7, 11) is 0. The van der Waals surface area contributed by atoms with E-state index in [4.69, 9.17) is 14.5 Å². The number of carbonyl (C=O) groups is 1. The van der Waals surface area contributed by atoms with E-state index in [1.165, 1.54) is 0 Å². The number of hydrogen-bond donors (Lipinski definition) is 2. The minimum atomic E-state index is -0.00527. The Hall–Kier alpha value is -4.30. The minimum Gasteiger partial charge on any atom is -0.454 e. The van der Waals surface area contributed by atoms with Crippen LogP contribution in [0.4, 0.5) is 5.82 Å². The third-order valence-electron chi connectivity index (χ3n) is 6.66. The number of carbonyl (C=O) groups excluding carboxylic acids is 1. The number of hydrogen-bond acceptors (Lipinski definition) is 6. The molecule has 0 saturated heterocycles. The second-order valence-electron chi connectivity index (χ2n) is 9.23. The van der Waals surface area contributed by atoms with Crippen molar-refractivity contribution in [2.75, 3.05) is 25.2 Å². The van der Waals surface area contributed by atoms with Gasteiger partial charge in [0, 0.05) is 32.7 Å². The maximum absolute atomic E-state index is 13.8. The average molecular weight is 496 g/mol. The molecule has 188 valence electrons. The summed E-state index contributed by atoms with van der Waals surface area (Å²) >= 11 is 0. The van der Waals surface area contributed by atoms with Crippen molar-refractivity contribution in [3.63, 3.8) is 0 Å². The van der Waals surface area contributed by atoms with E-state index in [1.54, 1.807) is 0 Å². The Morgan fingerprint density at radius 2 is 1.57 bits per heavy atom. The topological polar surface area (TPSA) is 80.6 Å². The van der Waals surface area contributed by atoms with Crippen LogP contribution in [0.5, 0.6) is 11.5 Å². The van der Waals surface area contributed by atoms with Gasteiger partial charge in [0.1, 0.15) is 5.82 Å². The molecule has 8 nitrogen and oxygen atoms in total. The van der Waals surface area contributed by atoms with Crippen LogP contribution >= 0.6 is 0 Å². The number of nitrogens with zero attached hydrogens (tertiary/aromatic N) is 3. The molecule has 0 bridgehead atoms. The summed E-state index contributed by atoms with van der Waals surface area (Å²) in [5.41, 5.74) is 3.93. The number of amides is 1. The zero-order valence-corrected chi connectivity index (χ0v) is 20.5. The molecule has 0 unspecified atom stereocenters. The number of aromatic nitrogens is 2. The lowest BCUT2D eigenvalue weighted by molar-refractivity contribution is 0.0745. The number of anilines is 1. The summed E-state index contributed by atoms with van der Waals surface area (Å²) in [6.07, 6.45) is 0. The fraction of sp³-hybridized carbons (Fsp3) is 0.241. The fourth-order valence-electron chi connectivity index (χ4n) is 4.80. The monoisotopic (exact) mass is 495 g/mol. The highest BCUT2D eigenvalue weighted by molar-refractivity contribution is 5.98. The lowest BCUT2D eigenvalue weighted by Gasteiger charge is -2.22. The number of nitrogens with one attached hydrogen (secondary N) is 2. The smallest absolute Gasteiger partial charge is 0.274 e. The average Bonchev–Trinajstić information content (AvgIpc) is 3.49. The lowest BCUT2D eigenvalue weighted by Crippen LogP contribution is -2.33. The van der Waals surface area contributed by atoms with Gasteiger partial charge in [-0.2, -0.15) is 0 Å². The molecule has 0 atom stereocenters. The van der Waals surface area contributed by atoms with Gasteiger partial charge in [0.05, 0.1) is 6.54 Å². The summed E-state index contributed by atoms with van der Waals surface area (Å²) in [5.74, 6) is 3.00. The van der Waals surface area contributed by atoms with E-state index >= 15 is 0 Å². The van der Waals surface area contributed by atoms with E-state index in [0.29, 0.717) is 50.8 Å². The van der Waals surface area contributed by atoms with Gasteiger partial charge in [-0.15, -0.1) is 0 Å². The molecule has 3 heterocycles. The van der Waals surface area contributed by atoms with Crippen LogP contribution in [0.3, 0.4) is 0 Å². The summed E-state index contributed by atoms with van der Waals surface area (Å²) in [6.45, 7) is 3.82. The molecule has 3 aromatic carbocycles. The van der Waals surface area contributed by atoms with Crippen molar-refractivity contribution in [1.82, 2.24) is 19.8 Å². The largest absolute Gasteiger partial charge is 0.454 e. The molecule has 6 rings (SSSR count). The van der Waals surface area contributed by atoms with Crippen molar-refractivity contribution in [3.05, 3.63) is 107 Å². The Kier molecular flexibility index (Phi) is 6.47. The van der Waals surface area contributed by atoms with Gasteiger partial charge in [0.25, 0.3) is 5.91 Å². The molecular weight excluding hydrogens is 466 g/mol. The maximum atomic E-state index is 13.8. The van der Waals surface area contributed by atoms with Crippen LogP contribution in [0.2, 0.25) is 0 Å². The molecular formula is C29H29N5O3. The van der Waals surface area contributed by atoms with Gasteiger partial charge >= 0.3 is 0 Å². The van der Waals surface area contributed by atoms with Crippen molar-refractivity contribution >= 4 is 11.7 Å². The Morgan fingerprint density at radius 3 is 2.35 bits per heavy atom. The molecule has 1 amide bonds. The highest BCUT2D eigenvalue weighted by Crippen LogP contribution is 2.32. The summed E-state index contributed by atoms with van der Waals surface area (Å²) < 4.78 is 13.0. The van der Waals surface area contributed by atoms with Crippen LogP contribution < -0.4 is 20.1 Å². The molecule has 4 aromatic rings. The van der Waals surface area contributed by atoms with Crippen molar-refractivity contribution < 1.29 is 14.3 Å². The Morgan fingerprint density at radius 1 is 0.838 bits per heavy atom. The van der Waals surface area contributed by atoms with E-state index in [2.05, 4.69) is 39.5 Å². The van der Waals surface area contributed by atoms with Gasteiger partial charge in [-0.3, -0.25) is 4.79 Å². The molecule has 0 saturated carbocycles. The summed E-state index contributed by atoms with van der Waals surface area (Å²) in [4.78, 5) is 20.6. The van der Waals surface area contributed by atoms with Gasteiger partial charge in [0.2, 0.25) is 6.79 Å². The van der Waals surface area contributed by atoms with E-state index in [1.807, 2.05) is 59.5 Å². The van der Waals surface area contributed by atoms with Crippen molar-refractivity contribution in [2.24, 2.45) is 0 Å². The van der Waals surface area contributed by atoms with Crippen LogP contribution in [0.1, 0.15) is 33.0 Å². The van der Waals surface area contributed by atoms with Gasteiger partial charge in [0.15, 0.2) is 23.0 Å². The van der Waals surface area contributed by atoms with E-state index < -0.39 is 0 Å². The highest BCUT2D eigenvalue weighted by Gasteiger charge is 2.29. The fourth-order valence-corrected chi connectivity index (χ4v) is 4.80. The van der Waals surface area contributed by atoms with Gasteiger partial charge in [-0.05, 0) is 28.8 Å². The third kappa shape index (κ3) is 5.01. The summed E-state index contributed by atoms with van der Waals surface area (Å²) in [6, 6.07) is 26.3. The van der Waals surface area contributed by atoms with Crippen LogP contribution in [-0.4, -0.2) is 40.2 Å². The Bertz CT molecular complexity index is 1390.